The van der Waals surface area contributed by atoms with Crippen LogP contribution in [0.2, 0.25) is 0 Å². The van der Waals surface area contributed by atoms with Crippen LogP contribution >= 0.6 is 0 Å². The number of hydrogen-bond acceptors (Lipinski definition) is 0. The Labute approximate surface area is 71.6 Å². The fourth-order valence-electron chi connectivity index (χ4n) is 1.69. The lowest BCUT2D eigenvalue weighted by Gasteiger charge is -1.93. The van der Waals surface area contributed by atoms with E-state index in [1.54, 1.807) is 0 Å². The summed E-state index contributed by atoms with van der Waals surface area (Å²) in [5.41, 5.74) is 0. The molecule has 0 bridgehead atoms. The molecular weight excluding hydrogens is 146 g/mol. The lowest BCUT2D eigenvalue weighted by Crippen LogP contribution is -1.85. The topological polar surface area (TPSA) is 4.93 Å². The van der Waals surface area contributed by atoms with E-state index >= 15 is 0 Å². The third-order valence-electron chi connectivity index (χ3n) is 2.54. The number of hydrogen-bond donors (Lipinski definition) is 0. The molecule has 1 heteroatoms. The van der Waals surface area contributed by atoms with E-state index in [2.05, 4.69) is 41.2 Å². The smallest absolute Gasteiger partial charge is 0.0332 e. The summed E-state index contributed by atoms with van der Waals surface area (Å²) < 4.78 is 2.35. The molecule has 0 saturated heterocycles. The molecular formula is C11H11N. The van der Waals surface area contributed by atoms with Crippen LogP contribution in [0.3, 0.4) is 0 Å². The standard InChI is InChI=1S/C11H11N/c1-2-4-10-8-12(11-5-6-11)7-9(10)3-1/h1-4,7-8,11H,5-6H2. The van der Waals surface area contributed by atoms with Gasteiger partial charge in [0, 0.05) is 18.4 Å². The second kappa shape index (κ2) is 2.13. The number of nitrogens with zero attached hydrogens (tertiary/aromatic N) is 1. The van der Waals surface area contributed by atoms with Crippen molar-refractivity contribution in [1.29, 1.82) is 0 Å². The molecule has 1 aromatic heterocycles. The van der Waals surface area contributed by atoms with E-state index in [0.717, 1.165) is 6.04 Å². The molecule has 0 unspecified atom stereocenters. The third-order valence-corrected chi connectivity index (χ3v) is 2.54. The first-order chi connectivity index (χ1) is 5.93. The molecule has 1 nitrogen and oxygen atoms in total. The average molecular weight is 157 g/mol. The summed E-state index contributed by atoms with van der Waals surface area (Å²) in [5.74, 6) is 0. The Hall–Kier alpha value is -1.24. The minimum absolute atomic E-state index is 0.803. The Morgan fingerprint density at radius 3 is 2.08 bits per heavy atom. The highest BCUT2D eigenvalue weighted by molar-refractivity contribution is 5.82. The Morgan fingerprint density at radius 1 is 1.00 bits per heavy atom. The Kier molecular flexibility index (Phi) is 1.12. The molecule has 1 aliphatic carbocycles. The second-order valence-corrected chi connectivity index (χ2v) is 3.57. The van der Waals surface area contributed by atoms with Crippen molar-refractivity contribution in [1.82, 2.24) is 4.57 Å². The van der Waals surface area contributed by atoms with Crippen LogP contribution in [0.1, 0.15) is 18.9 Å². The van der Waals surface area contributed by atoms with E-state index in [4.69, 9.17) is 0 Å². The molecule has 60 valence electrons. The monoisotopic (exact) mass is 157 g/mol. The van der Waals surface area contributed by atoms with Gasteiger partial charge in [0.2, 0.25) is 0 Å². The number of rotatable bonds is 1. The van der Waals surface area contributed by atoms with Crippen LogP contribution in [0.4, 0.5) is 0 Å². The zero-order chi connectivity index (χ0) is 7.97. The van der Waals surface area contributed by atoms with Crippen molar-refractivity contribution in [2.45, 2.75) is 18.9 Å². The SMILES string of the molecule is c1ccc2cn(C3CC3)cc2c1. The molecule has 12 heavy (non-hydrogen) atoms. The molecule has 2 aromatic rings. The van der Waals surface area contributed by atoms with Crippen molar-refractivity contribution >= 4 is 10.8 Å². The van der Waals surface area contributed by atoms with Crippen LogP contribution in [0.5, 0.6) is 0 Å². The quantitative estimate of drug-likeness (QED) is 0.599. The molecule has 1 heterocycles. The summed E-state index contributed by atoms with van der Waals surface area (Å²) in [6.07, 6.45) is 7.24. The molecule has 3 rings (SSSR count). The average Bonchev–Trinajstić information content (AvgIpc) is 2.85. The lowest BCUT2D eigenvalue weighted by atomic mass is 10.2. The van der Waals surface area contributed by atoms with Gasteiger partial charge in [0.25, 0.3) is 0 Å². The first kappa shape index (κ1) is 6.30. The van der Waals surface area contributed by atoms with Gasteiger partial charge < -0.3 is 4.57 Å². The van der Waals surface area contributed by atoms with Gasteiger partial charge in [-0.15, -0.1) is 0 Å². The van der Waals surface area contributed by atoms with Gasteiger partial charge >= 0.3 is 0 Å². The van der Waals surface area contributed by atoms with E-state index in [1.807, 2.05) is 0 Å². The molecule has 0 amide bonds. The normalized spacial score (nSPS) is 17.0. The predicted octanol–water partition coefficient (Wildman–Crippen LogP) is 2.98. The molecule has 0 spiro atoms. The van der Waals surface area contributed by atoms with Crippen molar-refractivity contribution in [3.8, 4) is 0 Å². The van der Waals surface area contributed by atoms with Gasteiger partial charge in [0.1, 0.15) is 0 Å². The van der Waals surface area contributed by atoms with Crippen LogP contribution in [-0.2, 0) is 0 Å². The summed E-state index contributed by atoms with van der Waals surface area (Å²) in [7, 11) is 0. The maximum atomic E-state index is 2.35. The van der Waals surface area contributed by atoms with Gasteiger partial charge in [-0.1, -0.05) is 24.3 Å². The largest absolute Gasteiger partial charge is 0.350 e. The molecule has 1 fully saturated rings. The van der Waals surface area contributed by atoms with Crippen LogP contribution in [0.15, 0.2) is 36.7 Å². The molecule has 0 N–H and O–H groups in total. The first-order valence-electron chi connectivity index (χ1n) is 4.50. The maximum absolute atomic E-state index is 2.35. The van der Waals surface area contributed by atoms with Crippen molar-refractivity contribution in [3.05, 3.63) is 36.7 Å². The van der Waals surface area contributed by atoms with Crippen LogP contribution in [0, 0.1) is 0 Å². The fourth-order valence-corrected chi connectivity index (χ4v) is 1.69. The summed E-state index contributed by atoms with van der Waals surface area (Å²) in [4.78, 5) is 0. The van der Waals surface area contributed by atoms with E-state index in [1.165, 1.54) is 23.6 Å². The highest BCUT2D eigenvalue weighted by Crippen LogP contribution is 2.36. The number of fused-ring (bicyclic) bond motifs is 1. The van der Waals surface area contributed by atoms with Gasteiger partial charge in [-0.05, 0) is 23.6 Å². The van der Waals surface area contributed by atoms with Crippen LogP contribution < -0.4 is 0 Å². The molecule has 0 aliphatic heterocycles. The van der Waals surface area contributed by atoms with E-state index in [9.17, 15) is 0 Å². The lowest BCUT2D eigenvalue weighted by molar-refractivity contribution is 0.751. The summed E-state index contributed by atoms with van der Waals surface area (Å²) >= 11 is 0. The van der Waals surface area contributed by atoms with Gasteiger partial charge in [0.05, 0.1) is 0 Å². The van der Waals surface area contributed by atoms with Crippen molar-refractivity contribution in [2.75, 3.05) is 0 Å². The second-order valence-electron chi connectivity index (χ2n) is 3.57. The predicted molar refractivity (Wildman–Crippen MR) is 50.2 cm³/mol. The summed E-state index contributed by atoms with van der Waals surface area (Å²) in [6.45, 7) is 0. The minimum Gasteiger partial charge on any atom is -0.350 e. The van der Waals surface area contributed by atoms with Crippen LogP contribution in [-0.4, -0.2) is 4.57 Å². The minimum atomic E-state index is 0.803. The van der Waals surface area contributed by atoms with Gasteiger partial charge in [0.15, 0.2) is 0 Å². The van der Waals surface area contributed by atoms with Crippen molar-refractivity contribution in [3.63, 3.8) is 0 Å². The van der Waals surface area contributed by atoms with Crippen LogP contribution in [0.25, 0.3) is 10.8 Å². The zero-order valence-corrected chi connectivity index (χ0v) is 6.90. The van der Waals surface area contributed by atoms with Gasteiger partial charge in [-0.3, -0.25) is 0 Å². The third kappa shape index (κ3) is 0.860. The molecule has 0 radical (unpaired) electrons. The summed E-state index contributed by atoms with van der Waals surface area (Å²) in [6, 6.07) is 9.35. The summed E-state index contributed by atoms with van der Waals surface area (Å²) in [5, 5.41) is 2.73. The van der Waals surface area contributed by atoms with E-state index in [-0.39, 0.29) is 0 Å². The van der Waals surface area contributed by atoms with E-state index in [0.29, 0.717) is 0 Å². The zero-order valence-electron chi connectivity index (χ0n) is 6.90. The first-order valence-corrected chi connectivity index (χ1v) is 4.50. The van der Waals surface area contributed by atoms with Gasteiger partial charge in [-0.2, -0.15) is 0 Å². The number of aromatic nitrogens is 1. The highest BCUT2D eigenvalue weighted by atomic mass is 15.0. The Bertz CT molecular complexity index is 377. The van der Waals surface area contributed by atoms with Gasteiger partial charge in [-0.25, -0.2) is 0 Å². The molecule has 1 saturated carbocycles. The fraction of sp³-hybridized carbons (Fsp3) is 0.273. The molecule has 0 atom stereocenters. The van der Waals surface area contributed by atoms with E-state index < -0.39 is 0 Å². The highest BCUT2D eigenvalue weighted by Gasteiger charge is 2.22. The Balaban J connectivity index is 2.23. The maximum Gasteiger partial charge on any atom is 0.0332 e. The number of benzene rings is 1. The van der Waals surface area contributed by atoms with Crippen molar-refractivity contribution < 1.29 is 0 Å². The van der Waals surface area contributed by atoms with Crippen molar-refractivity contribution in [2.24, 2.45) is 0 Å². The molecule has 1 aromatic carbocycles. The molecule has 1 aliphatic rings. The Morgan fingerprint density at radius 2 is 1.58 bits per heavy atom.